The van der Waals surface area contributed by atoms with E-state index in [1.165, 1.54) is 19.3 Å². The number of nitrogens with zero attached hydrogens (tertiary/aromatic N) is 5. The normalized spacial score (nSPS) is 19.7. The molecule has 1 saturated carbocycles. The van der Waals surface area contributed by atoms with Gasteiger partial charge in [-0.3, -0.25) is 9.89 Å². The molecule has 1 saturated heterocycles. The highest BCUT2D eigenvalue weighted by Gasteiger charge is 2.36. The van der Waals surface area contributed by atoms with E-state index in [9.17, 15) is 0 Å². The van der Waals surface area contributed by atoms with Crippen molar-refractivity contribution in [3.8, 4) is 0 Å². The Hall–Kier alpha value is -1.93. The van der Waals surface area contributed by atoms with Gasteiger partial charge in [0.1, 0.15) is 0 Å². The number of methoxy groups -OCH3 is 1. The van der Waals surface area contributed by atoms with Gasteiger partial charge in [0, 0.05) is 72.4 Å². The van der Waals surface area contributed by atoms with Crippen molar-refractivity contribution in [2.75, 3.05) is 71.5 Å². The predicted octanol–water partition coefficient (Wildman–Crippen LogP) is 1.36. The number of rotatable bonds is 10. The Balaban J connectivity index is 1.29. The van der Waals surface area contributed by atoms with Gasteiger partial charge < -0.3 is 20.3 Å². The maximum Gasteiger partial charge on any atom is 0.225 e. The second-order valence-corrected chi connectivity index (χ2v) is 8.18. The average molecular weight is 404 g/mol. The van der Waals surface area contributed by atoms with Crippen LogP contribution in [0.3, 0.4) is 0 Å². The highest BCUT2D eigenvalue weighted by molar-refractivity contribution is 5.79. The summed E-state index contributed by atoms with van der Waals surface area (Å²) in [7, 11) is 3.64. The number of aromatic nitrogens is 2. The minimum absolute atomic E-state index is 0.399. The molecule has 0 bridgehead atoms. The molecule has 2 N–H and O–H groups in total. The average Bonchev–Trinajstić information content (AvgIpc) is 2.75. The highest BCUT2D eigenvalue weighted by atomic mass is 16.5. The predicted molar refractivity (Wildman–Crippen MR) is 117 cm³/mol. The second kappa shape index (κ2) is 11.3. The monoisotopic (exact) mass is 403 g/mol. The van der Waals surface area contributed by atoms with Crippen molar-refractivity contribution >= 4 is 11.9 Å². The van der Waals surface area contributed by atoms with E-state index in [2.05, 4.69) is 35.4 Å². The molecule has 1 aliphatic carbocycles. The van der Waals surface area contributed by atoms with Crippen molar-refractivity contribution in [2.45, 2.75) is 32.1 Å². The molecule has 8 nitrogen and oxygen atoms in total. The second-order valence-electron chi connectivity index (χ2n) is 8.18. The third-order valence-electron chi connectivity index (χ3n) is 6.26. The molecule has 0 atom stereocenters. The molecule has 2 heterocycles. The topological polar surface area (TPSA) is 77.9 Å². The smallest absolute Gasteiger partial charge is 0.225 e. The van der Waals surface area contributed by atoms with Crippen LogP contribution in [0.2, 0.25) is 0 Å². The molecule has 0 radical (unpaired) electrons. The third-order valence-corrected chi connectivity index (χ3v) is 6.26. The lowest BCUT2D eigenvalue weighted by atomic mass is 9.67. The Morgan fingerprint density at radius 3 is 2.55 bits per heavy atom. The first-order valence-corrected chi connectivity index (χ1v) is 10.9. The van der Waals surface area contributed by atoms with E-state index in [1.807, 2.05) is 25.5 Å². The van der Waals surface area contributed by atoms with Crippen molar-refractivity contribution < 1.29 is 4.74 Å². The third kappa shape index (κ3) is 6.54. The van der Waals surface area contributed by atoms with Gasteiger partial charge in [-0.2, -0.15) is 0 Å². The molecular weight excluding hydrogens is 366 g/mol. The van der Waals surface area contributed by atoms with Crippen LogP contribution in [0.25, 0.3) is 0 Å². The fraction of sp³-hybridized carbons (Fsp3) is 0.762. The van der Waals surface area contributed by atoms with Crippen LogP contribution in [-0.4, -0.2) is 87.4 Å². The summed E-state index contributed by atoms with van der Waals surface area (Å²) in [4.78, 5) is 17.9. The molecule has 1 aromatic heterocycles. The van der Waals surface area contributed by atoms with Gasteiger partial charge in [0.25, 0.3) is 0 Å². The fourth-order valence-electron chi connectivity index (χ4n) is 4.14. The Bertz CT molecular complexity index is 613. The number of nitrogens with one attached hydrogen (secondary N) is 2. The van der Waals surface area contributed by atoms with Crippen LogP contribution in [0, 0.1) is 5.41 Å². The summed E-state index contributed by atoms with van der Waals surface area (Å²) in [6, 6.07) is 1.86. The standard InChI is InChI=1S/C21H37N7O/c1-22-19(26-18-21(6-3-7-21)8-17-29-2)23-11-5-12-27-13-15-28(16-14-27)20-24-9-4-10-25-20/h4,9-10H,3,5-8,11-18H2,1-2H3,(H2,22,23,26). The lowest BCUT2D eigenvalue weighted by Crippen LogP contribution is -2.48. The van der Waals surface area contributed by atoms with E-state index in [0.29, 0.717) is 5.41 Å². The summed E-state index contributed by atoms with van der Waals surface area (Å²) in [5, 5.41) is 7.00. The number of hydrogen-bond donors (Lipinski definition) is 2. The maximum absolute atomic E-state index is 5.29. The van der Waals surface area contributed by atoms with Crippen molar-refractivity contribution in [2.24, 2.45) is 10.4 Å². The van der Waals surface area contributed by atoms with Crippen LogP contribution >= 0.6 is 0 Å². The molecule has 8 heteroatoms. The molecule has 0 spiro atoms. The maximum atomic E-state index is 5.29. The zero-order valence-electron chi connectivity index (χ0n) is 18.1. The van der Waals surface area contributed by atoms with Crippen molar-refractivity contribution in [3.63, 3.8) is 0 Å². The Labute approximate surface area is 175 Å². The van der Waals surface area contributed by atoms with Crippen LogP contribution in [0.5, 0.6) is 0 Å². The first-order chi connectivity index (χ1) is 14.2. The molecule has 0 amide bonds. The Morgan fingerprint density at radius 2 is 1.93 bits per heavy atom. The van der Waals surface area contributed by atoms with Gasteiger partial charge in [0.05, 0.1) is 0 Å². The molecule has 2 fully saturated rings. The lowest BCUT2D eigenvalue weighted by molar-refractivity contribution is 0.0732. The van der Waals surface area contributed by atoms with Crippen molar-refractivity contribution in [1.82, 2.24) is 25.5 Å². The van der Waals surface area contributed by atoms with Crippen LogP contribution in [0.15, 0.2) is 23.5 Å². The highest BCUT2D eigenvalue weighted by Crippen LogP contribution is 2.43. The summed E-state index contributed by atoms with van der Waals surface area (Å²) in [6.07, 6.45) is 9.78. The number of anilines is 1. The van der Waals surface area contributed by atoms with Crippen molar-refractivity contribution in [3.05, 3.63) is 18.5 Å². The zero-order valence-corrected chi connectivity index (χ0v) is 18.1. The molecule has 29 heavy (non-hydrogen) atoms. The fourth-order valence-corrected chi connectivity index (χ4v) is 4.14. The van der Waals surface area contributed by atoms with Gasteiger partial charge in [-0.15, -0.1) is 0 Å². The SMILES string of the molecule is CN=C(NCCCN1CCN(c2ncccn2)CC1)NCC1(CCOC)CCC1. The largest absolute Gasteiger partial charge is 0.385 e. The van der Waals surface area contributed by atoms with Crippen LogP contribution in [-0.2, 0) is 4.74 Å². The molecule has 162 valence electrons. The summed E-state index contributed by atoms with van der Waals surface area (Å²) in [6.45, 7) is 7.98. The first kappa shape index (κ1) is 21.8. The molecule has 0 aromatic carbocycles. The molecule has 3 rings (SSSR count). The van der Waals surface area contributed by atoms with E-state index in [4.69, 9.17) is 4.74 Å². The molecule has 0 unspecified atom stereocenters. The summed E-state index contributed by atoms with van der Waals surface area (Å²) >= 11 is 0. The zero-order chi connectivity index (χ0) is 20.4. The van der Waals surface area contributed by atoms with E-state index in [1.54, 1.807) is 7.11 Å². The van der Waals surface area contributed by atoms with Gasteiger partial charge in [0.15, 0.2) is 5.96 Å². The minimum Gasteiger partial charge on any atom is -0.385 e. The number of piperazine rings is 1. The van der Waals surface area contributed by atoms with E-state index in [-0.39, 0.29) is 0 Å². The quantitative estimate of drug-likeness (QED) is 0.347. The van der Waals surface area contributed by atoms with Crippen LogP contribution in [0.1, 0.15) is 32.1 Å². The number of guanidine groups is 1. The number of aliphatic imine (C=N–C) groups is 1. The van der Waals surface area contributed by atoms with Gasteiger partial charge in [-0.1, -0.05) is 6.42 Å². The molecule has 2 aliphatic rings. The van der Waals surface area contributed by atoms with E-state index in [0.717, 1.165) is 77.2 Å². The number of hydrogen-bond acceptors (Lipinski definition) is 6. The molecule has 1 aliphatic heterocycles. The first-order valence-electron chi connectivity index (χ1n) is 10.9. The minimum atomic E-state index is 0.399. The number of ether oxygens (including phenoxy) is 1. The lowest BCUT2D eigenvalue weighted by Gasteiger charge is -2.42. The summed E-state index contributed by atoms with van der Waals surface area (Å²) in [5.41, 5.74) is 0.399. The van der Waals surface area contributed by atoms with Crippen molar-refractivity contribution in [1.29, 1.82) is 0 Å². The Kier molecular flexibility index (Phi) is 8.49. The van der Waals surface area contributed by atoms with Crippen LogP contribution in [0.4, 0.5) is 5.95 Å². The summed E-state index contributed by atoms with van der Waals surface area (Å²) < 4.78 is 5.29. The van der Waals surface area contributed by atoms with Gasteiger partial charge >= 0.3 is 0 Å². The van der Waals surface area contributed by atoms with E-state index >= 15 is 0 Å². The van der Waals surface area contributed by atoms with Gasteiger partial charge in [0.2, 0.25) is 5.95 Å². The van der Waals surface area contributed by atoms with Gasteiger partial charge in [-0.05, 0) is 43.7 Å². The van der Waals surface area contributed by atoms with E-state index < -0.39 is 0 Å². The van der Waals surface area contributed by atoms with Gasteiger partial charge in [-0.25, -0.2) is 9.97 Å². The molecular formula is C21H37N7O. The molecule has 1 aromatic rings. The van der Waals surface area contributed by atoms with Crippen LogP contribution < -0.4 is 15.5 Å². The summed E-state index contributed by atoms with van der Waals surface area (Å²) in [5.74, 6) is 1.76. The Morgan fingerprint density at radius 1 is 1.17 bits per heavy atom.